The average Bonchev–Trinajstić information content (AvgIpc) is 3.34. The summed E-state index contributed by atoms with van der Waals surface area (Å²) in [6.07, 6.45) is -0.869. The molecule has 188 valence electrons. The van der Waals surface area contributed by atoms with Crippen LogP contribution < -0.4 is 5.56 Å². The zero-order valence-corrected chi connectivity index (χ0v) is 19.9. The second-order valence-corrected chi connectivity index (χ2v) is 9.16. The Hall–Kier alpha value is -3.31. The number of aromatic nitrogens is 5. The third-order valence-corrected chi connectivity index (χ3v) is 6.66. The fourth-order valence-corrected chi connectivity index (χ4v) is 4.51. The van der Waals surface area contributed by atoms with Crippen molar-refractivity contribution < 1.29 is 22.3 Å². The van der Waals surface area contributed by atoms with E-state index in [0.29, 0.717) is 29.8 Å². The molecule has 0 bridgehead atoms. The molecule has 1 saturated heterocycles. The van der Waals surface area contributed by atoms with Gasteiger partial charge >= 0.3 is 6.30 Å². The van der Waals surface area contributed by atoms with Crippen LogP contribution in [0.15, 0.2) is 41.6 Å². The van der Waals surface area contributed by atoms with Crippen molar-refractivity contribution in [2.45, 2.75) is 45.0 Å². The van der Waals surface area contributed by atoms with Crippen LogP contribution in [0.5, 0.6) is 0 Å². The van der Waals surface area contributed by atoms with Crippen LogP contribution in [0.4, 0.5) is 17.6 Å². The number of rotatable bonds is 3. The highest BCUT2D eigenvalue weighted by molar-refractivity contribution is 6.30. The maximum atomic E-state index is 14.9. The molecule has 0 aliphatic carbocycles. The van der Waals surface area contributed by atoms with Gasteiger partial charge in [0.15, 0.2) is 5.65 Å². The minimum Gasteiger partial charge on any atom is -0.373 e. The topological polar surface area (TPSA) is 74.3 Å². The van der Waals surface area contributed by atoms with Gasteiger partial charge in [-0.1, -0.05) is 11.6 Å². The summed E-state index contributed by atoms with van der Waals surface area (Å²) in [5, 5.41) is 3.60. The Labute approximate surface area is 207 Å². The van der Waals surface area contributed by atoms with Crippen molar-refractivity contribution in [3.05, 3.63) is 80.5 Å². The molecule has 1 aliphatic heterocycles. The van der Waals surface area contributed by atoms with Gasteiger partial charge in [0.1, 0.15) is 11.5 Å². The predicted molar refractivity (Wildman–Crippen MR) is 123 cm³/mol. The van der Waals surface area contributed by atoms with Crippen LogP contribution in [-0.4, -0.2) is 30.8 Å². The van der Waals surface area contributed by atoms with E-state index >= 15 is 0 Å². The Morgan fingerprint density at radius 1 is 1.17 bits per heavy atom. The number of nitrogens with zero attached hydrogens (tertiary/aromatic N) is 5. The molecule has 0 spiro atoms. The molecule has 1 aromatic carbocycles. The van der Waals surface area contributed by atoms with Gasteiger partial charge < -0.3 is 4.74 Å². The second kappa shape index (κ2) is 8.97. The monoisotopic (exact) mass is 521 g/mol. The summed E-state index contributed by atoms with van der Waals surface area (Å²) in [7, 11) is 0. The Morgan fingerprint density at radius 3 is 2.64 bits per heavy atom. The van der Waals surface area contributed by atoms with Crippen LogP contribution in [0, 0.1) is 19.7 Å². The Bertz CT molecular complexity index is 1530. The first-order valence-electron chi connectivity index (χ1n) is 11.1. The fourth-order valence-electron chi connectivity index (χ4n) is 4.35. The molecular formula is C24H20ClF4N5O2. The average molecular weight is 522 g/mol. The molecule has 0 amide bonds. The van der Waals surface area contributed by atoms with Crippen molar-refractivity contribution in [3.63, 3.8) is 0 Å². The molecule has 7 nitrogen and oxygen atoms in total. The van der Waals surface area contributed by atoms with Gasteiger partial charge in [0.2, 0.25) is 0 Å². The molecule has 0 saturated carbocycles. The van der Waals surface area contributed by atoms with E-state index in [-0.39, 0.29) is 50.3 Å². The van der Waals surface area contributed by atoms with E-state index in [2.05, 4.69) is 10.1 Å². The summed E-state index contributed by atoms with van der Waals surface area (Å²) < 4.78 is 60.9. The van der Waals surface area contributed by atoms with Crippen molar-refractivity contribution >= 4 is 17.2 Å². The van der Waals surface area contributed by atoms with Gasteiger partial charge in [0, 0.05) is 52.3 Å². The highest BCUT2D eigenvalue weighted by Gasteiger charge is 2.34. The summed E-state index contributed by atoms with van der Waals surface area (Å²) in [4.78, 5) is 22.3. The standard InChI is InChI=1S/C24H20ClF4N5O2/c1-12-13(2)31-22-21(17-4-3-16(25)8-18(17)26)32-19(11-33(22)23(12)35)14-5-6-36-20(7-14)15-9-30-34(10-15)24(27,28)29/h3-4,8-11,14,20H,5-7H2,1-2H3/t14-,20+/m1/s1. The maximum Gasteiger partial charge on any atom is 0.504 e. The van der Waals surface area contributed by atoms with E-state index in [1.54, 1.807) is 20.0 Å². The van der Waals surface area contributed by atoms with Gasteiger partial charge in [0.05, 0.1) is 18.0 Å². The largest absolute Gasteiger partial charge is 0.504 e. The molecule has 0 radical (unpaired) electrons. The number of hydrogen-bond donors (Lipinski definition) is 0. The van der Waals surface area contributed by atoms with Gasteiger partial charge in [-0.05, 0) is 44.9 Å². The second-order valence-electron chi connectivity index (χ2n) is 8.73. The number of hydrogen-bond acceptors (Lipinski definition) is 5. The quantitative estimate of drug-likeness (QED) is 0.334. The highest BCUT2D eigenvalue weighted by Crippen LogP contribution is 2.38. The van der Waals surface area contributed by atoms with Crippen molar-refractivity contribution in [3.8, 4) is 11.3 Å². The van der Waals surface area contributed by atoms with Gasteiger partial charge in [-0.2, -0.15) is 9.78 Å². The highest BCUT2D eigenvalue weighted by atomic mass is 35.5. The summed E-state index contributed by atoms with van der Waals surface area (Å²) in [6, 6.07) is 4.15. The fraction of sp³-hybridized carbons (Fsp3) is 0.333. The maximum absolute atomic E-state index is 14.9. The molecule has 5 rings (SSSR count). The van der Waals surface area contributed by atoms with Crippen molar-refractivity contribution in [1.82, 2.24) is 24.1 Å². The summed E-state index contributed by atoms with van der Waals surface area (Å²) in [6.45, 7) is 3.61. The van der Waals surface area contributed by atoms with E-state index in [1.807, 2.05) is 0 Å². The normalized spacial score (nSPS) is 18.6. The molecular weight excluding hydrogens is 502 g/mol. The number of aryl methyl sites for hydroxylation is 1. The van der Waals surface area contributed by atoms with Gasteiger partial charge in [-0.15, -0.1) is 13.2 Å². The molecule has 1 aliphatic rings. The minimum atomic E-state index is -4.63. The number of halogens is 5. The molecule has 1 fully saturated rings. The molecule has 4 heterocycles. The summed E-state index contributed by atoms with van der Waals surface area (Å²) in [5.41, 5.74) is 1.89. The van der Waals surface area contributed by atoms with Crippen LogP contribution in [0.1, 0.15) is 47.4 Å². The third kappa shape index (κ3) is 4.37. The number of ether oxygens (including phenoxy) is 1. The summed E-state index contributed by atoms with van der Waals surface area (Å²) in [5.74, 6) is -0.893. The van der Waals surface area contributed by atoms with E-state index in [9.17, 15) is 22.4 Å². The van der Waals surface area contributed by atoms with Crippen LogP contribution >= 0.6 is 11.6 Å². The smallest absolute Gasteiger partial charge is 0.373 e. The van der Waals surface area contributed by atoms with Gasteiger partial charge in [-0.3, -0.25) is 9.20 Å². The van der Waals surface area contributed by atoms with E-state index in [0.717, 1.165) is 18.5 Å². The molecule has 12 heteroatoms. The van der Waals surface area contributed by atoms with Crippen LogP contribution in [0.25, 0.3) is 16.9 Å². The molecule has 0 unspecified atom stereocenters. The van der Waals surface area contributed by atoms with Crippen molar-refractivity contribution in [2.24, 2.45) is 0 Å². The Balaban J connectivity index is 1.61. The van der Waals surface area contributed by atoms with Crippen molar-refractivity contribution in [2.75, 3.05) is 6.61 Å². The molecule has 4 aromatic rings. The van der Waals surface area contributed by atoms with Crippen LogP contribution in [-0.2, 0) is 11.0 Å². The SMILES string of the molecule is Cc1nc2c(-c3ccc(Cl)cc3F)nc([C@@H]3CCO[C@H](c4cnn(C(F)(F)F)c4)C3)cn2c(=O)c1C. The van der Waals surface area contributed by atoms with Gasteiger partial charge in [-0.25, -0.2) is 14.4 Å². The van der Waals surface area contributed by atoms with Gasteiger partial charge in [0.25, 0.3) is 5.56 Å². The lowest BCUT2D eigenvalue weighted by molar-refractivity contribution is -0.212. The van der Waals surface area contributed by atoms with E-state index in [4.69, 9.17) is 21.3 Å². The van der Waals surface area contributed by atoms with E-state index < -0.39 is 18.2 Å². The zero-order chi connectivity index (χ0) is 25.8. The number of benzene rings is 1. The van der Waals surface area contributed by atoms with Crippen LogP contribution in [0.3, 0.4) is 0 Å². The Kier molecular flexibility index (Phi) is 6.08. The summed E-state index contributed by atoms with van der Waals surface area (Å²) >= 11 is 5.93. The number of alkyl halides is 3. The third-order valence-electron chi connectivity index (χ3n) is 6.42. The lowest BCUT2D eigenvalue weighted by atomic mass is 9.90. The van der Waals surface area contributed by atoms with Crippen molar-refractivity contribution in [1.29, 1.82) is 0 Å². The zero-order valence-electron chi connectivity index (χ0n) is 19.2. The molecule has 2 atom stereocenters. The number of fused-ring (bicyclic) bond motifs is 1. The molecule has 36 heavy (non-hydrogen) atoms. The molecule has 0 N–H and O–H groups in total. The lowest BCUT2D eigenvalue weighted by Crippen LogP contribution is -2.24. The first kappa shape index (κ1) is 24.4. The Morgan fingerprint density at radius 2 is 1.94 bits per heavy atom. The molecule has 3 aromatic heterocycles. The lowest BCUT2D eigenvalue weighted by Gasteiger charge is -2.29. The van der Waals surface area contributed by atoms with Crippen LogP contribution in [0.2, 0.25) is 5.02 Å². The predicted octanol–water partition coefficient (Wildman–Crippen LogP) is 5.47. The minimum absolute atomic E-state index is 0.0681. The van der Waals surface area contributed by atoms with E-state index in [1.165, 1.54) is 16.5 Å². The first-order chi connectivity index (χ1) is 17.0. The first-order valence-corrected chi connectivity index (χ1v) is 11.5.